The van der Waals surface area contributed by atoms with Crippen LogP contribution in [0.15, 0.2) is 29.7 Å². The summed E-state index contributed by atoms with van der Waals surface area (Å²) >= 11 is 0. The average Bonchev–Trinajstić information content (AvgIpc) is 3.26. The third-order valence-corrected chi connectivity index (χ3v) is 7.37. The lowest BCUT2D eigenvalue weighted by molar-refractivity contribution is 0.184. The molecule has 0 amide bonds. The maximum atomic E-state index is 13.3. The first-order valence-corrected chi connectivity index (χ1v) is 10.4. The number of nitrogens with zero attached hydrogens (tertiary/aromatic N) is 5. The van der Waals surface area contributed by atoms with Gasteiger partial charge in [0.1, 0.15) is 5.82 Å². The number of imidazole rings is 1. The molecule has 0 saturated carbocycles. The van der Waals surface area contributed by atoms with Crippen molar-refractivity contribution in [3.63, 3.8) is 0 Å². The Morgan fingerprint density at radius 3 is 2.36 bits per heavy atom. The number of hydrogen-bond acceptors (Lipinski definition) is 4. The normalized spacial score (nSPS) is 27.3. The third kappa shape index (κ3) is 2.71. The van der Waals surface area contributed by atoms with Crippen LogP contribution in [0.5, 0.6) is 0 Å². The monoisotopic (exact) mass is 363 g/mol. The maximum Gasteiger partial charge on any atom is 0.262 e. The van der Waals surface area contributed by atoms with E-state index in [4.69, 9.17) is 0 Å². The second-order valence-corrected chi connectivity index (χ2v) is 9.32. The van der Waals surface area contributed by atoms with E-state index >= 15 is 0 Å². The van der Waals surface area contributed by atoms with Gasteiger partial charge in [0.15, 0.2) is 5.03 Å². The van der Waals surface area contributed by atoms with Crippen molar-refractivity contribution in [2.24, 2.45) is 7.05 Å². The Bertz CT molecular complexity index is 842. The molecule has 0 aliphatic carbocycles. The summed E-state index contributed by atoms with van der Waals surface area (Å²) in [6.07, 6.45) is 8.90. The zero-order valence-corrected chi connectivity index (χ0v) is 15.7. The van der Waals surface area contributed by atoms with Crippen LogP contribution in [-0.2, 0) is 17.1 Å². The van der Waals surface area contributed by atoms with Crippen LogP contribution in [-0.4, -0.2) is 44.1 Å². The lowest BCUT2D eigenvalue weighted by Gasteiger charge is -2.37. The second-order valence-electron chi connectivity index (χ2n) is 7.53. The number of aromatic nitrogens is 4. The summed E-state index contributed by atoms with van der Waals surface area (Å²) in [6.45, 7) is 4.05. The molecule has 2 aliphatic rings. The first-order valence-electron chi connectivity index (χ1n) is 8.94. The minimum atomic E-state index is -3.55. The van der Waals surface area contributed by atoms with E-state index in [2.05, 4.69) is 10.1 Å². The van der Waals surface area contributed by atoms with Crippen LogP contribution in [0.3, 0.4) is 0 Å². The fourth-order valence-corrected chi connectivity index (χ4v) is 6.32. The van der Waals surface area contributed by atoms with E-state index in [0.29, 0.717) is 0 Å². The lowest BCUT2D eigenvalue weighted by atomic mass is 10.00. The molecule has 2 atom stereocenters. The van der Waals surface area contributed by atoms with Gasteiger partial charge in [0.25, 0.3) is 10.0 Å². The van der Waals surface area contributed by atoms with Crippen LogP contribution < -0.4 is 0 Å². The number of piperidine rings is 1. The van der Waals surface area contributed by atoms with Gasteiger partial charge in [0.2, 0.25) is 0 Å². The van der Waals surface area contributed by atoms with Crippen LogP contribution in [0.25, 0.3) is 0 Å². The van der Waals surface area contributed by atoms with Crippen LogP contribution in [0.2, 0.25) is 0 Å². The Kier molecular flexibility index (Phi) is 3.99. The molecule has 4 rings (SSSR count). The summed E-state index contributed by atoms with van der Waals surface area (Å²) in [4.78, 5) is 4.44. The molecule has 2 unspecified atom stereocenters. The molecule has 0 aromatic carbocycles. The van der Waals surface area contributed by atoms with E-state index in [1.807, 2.05) is 42.4 Å². The van der Waals surface area contributed by atoms with Crippen molar-refractivity contribution < 1.29 is 8.42 Å². The fourth-order valence-electron chi connectivity index (χ4n) is 4.43. The quantitative estimate of drug-likeness (QED) is 0.835. The van der Waals surface area contributed by atoms with E-state index in [0.717, 1.165) is 31.5 Å². The van der Waals surface area contributed by atoms with Crippen molar-refractivity contribution in [2.45, 2.75) is 68.6 Å². The molecule has 2 aromatic heterocycles. The highest BCUT2D eigenvalue weighted by Crippen LogP contribution is 2.43. The highest BCUT2D eigenvalue weighted by atomic mass is 32.2. The predicted molar refractivity (Wildman–Crippen MR) is 93.6 cm³/mol. The summed E-state index contributed by atoms with van der Waals surface area (Å²) in [6, 6.07) is 2.30. The molecule has 2 bridgehead atoms. The van der Waals surface area contributed by atoms with Crippen molar-refractivity contribution in [3.05, 3.63) is 30.5 Å². The smallest absolute Gasteiger partial charge is 0.262 e. The third-order valence-electron chi connectivity index (χ3n) is 5.49. The van der Waals surface area contributed by atoms with E-state index in [-0.39, 0.29) is 29.1 Å². The standard InChI is InChI=1S/C17H25N5O2S/c1-12(2)17-19-16(11-20(17)3)25(23,24)22-13-5-6-14(22)10-15(9-13)21-8-4-7-18-21/h4,7-8,11-15H,5-6,9-10H2,1-3H3. The van der Waals surface area contributed by atoms with Gasteiger partial charge in [0, 0.05) is 43.6 Å². The Hall–Kier alpha value is -1.67. The number of aryl methyl sites for hydroxylation is 1. The van der Waals surface area contributed by atoms with Gasteiger partial charge in [0.05, 0.1) is 6.04 Å². The van der Waals surface area contributed by atoms with Gasteiger partial charge in [-0.1, -0.05) is 13.8 Å². The minimum Gasteiger partial charge on any atom is -0.336 e. The number of sulfonamides is 1. The molecule has 2 saturated heterocycles. The SMILES string of the molecule is CC(C)c1nc(S(=O)(=O)N2C3CCC2CC(n2cccn2)C3)cn1C. The molecule has 25 heavy (non-hydrogen) atoms. The molecule has 2 aliphatic heterocycles. The molecular weight excluding hydrogens is 338 g/mol. The van der Waals surface area contributed by atoms with Gasteiger partial charge in [-0.25, -0.2) is 13.4 Å². The molecular formula is C17H25N5O2S. The second kappa shape index (κ2) is 5.95. The maximum absolute atomic E-state index is 13.3. The van der Waals surface area contributed by atoms with Crippen molar-refractivity contribution in [1.82, 2.24) is 23.6 Å². The Balaban J connectivity index is 1.63. The molecule has 0 spiro atoms. The topological polar surface area (TPSA) is 73.0 Å². The first kappa shape index (κ1) is 16.8. The van der Waals surface area contributed by atoms with Crippen molar-refractivity contribution >= 4 is 10.0 Å². The summed E-state index contributed by atoms with van der Waals surface area (Å²) < 4.78 is 32.1. The predicted octanol–water partition coefficient (Wildman–Crippen LogP) is 2.30. The summed E-state index contributed by atoms with van der Waals surface area (Å²) in [5, 5.41) is 4.54. The van der Waals surface area contributed by atoms with E-state index < -0.39 is 10.0 Å². The molecule has 136 valence electrons. The van der Waals surface area contributed by atoms with Crippen LogP contribution in [0.1, 0.15) is 57.3 Å². The zero-order valence-electron chi connectivity index (χ0n) is 14.9. The Labute approximate surface area is 148 Å². The van der Waals surface area contributed by atoms with Crippen molar-refractivity contribution in [3.8, 4) is 0 Å². The lowest BCUT2D eigenvalue weighted by Crippen LogP contribution is -2.47. The first-order chi connectivity index (χ1) is 11.9. The molecule has 8 heteroatoms. The summed E-state index contributed by atoms with van der Waals surface area (Å²) in [5.41, 5.74) is 0. The summed E-state index contributed by atoms with van der Waals surface area (Å²) in [7, 11) is -1.69. The highest BCUT2D eigenvalue weighted by Gasteiger charge is 2.48. The van der Waals surface area contributed by atoms with Gasteiger partial charge in [-0.2, -0.15) is 9.40 Å². The average molecular weight is 363 g/mol. The number of rotatable bonds is 4. The van der Waals surface area contributed by atoms with Crippen LogP contribution >= 0.6 is 0 Å². The van der Waals surface area contributed by atoms with Gasteiger partial charge < -0.3 is 4.57 Å². The molecule has 7 nitrogen and oxygen atoms in total. The van der Waals surface area contributed by atoms with Crippen LogP contribution in [0, 0.1) is 0 Å². The molecule has 2 fully saturated rings. The highest BCUT2D eigenvalue weighted by molar-refractivity contribution is 7.89. The van der Waals surface area contributed by atoms with E-state index in [1.165, 1.54) is 0 Å². The van der Waals surface area contributed by atoms with Gasteiger partial charge in [-0.05, 0) is 31.7 Å². The zero-order chi connectivity index (χ0) is 17.8. The Morgan fingerprint density at radius 2 is 1.84 bits per heavy atom. The fraction of sp³-hybridized carbons (Fsp3) is 0.647. The van der Waals surface area contributed by atoms with Crippen molar-refractivity contribution in [1.29, 1.82) is 0 Å². The van der Waals surface area contributed by atoms with E-state index in [1.54, 1.807) is 16.7 Å². The van der Waals surface area contributed by atoms with Gasteiger partial charge in [-0.3, -0.25) is 4.68 Å². The van der Waals surface area contributed by atoms with Gasteiger partial charge in [-0.15, -0.1) is 0 Å². The molecule has 4 heterocycles. The van der Waals surface area contributed by atoms with Crippen molar-refractivity contribution in [2.75, 3.05) is 0 Å². The van der Waals surface area contributed by atoms with Crippen LogP contribution in [0.4, 0.5) is 0 Å². The summed E-state index contributed by atoms with van der Waals surface area (Å²) in [5.74, 6) is 0.994. The Morgan fingerprint density at radius 1 is 1.16 bits per heavy atom. The molecule has 0 N–H and O–H groups in total. The van der Waals surface area contributed by atoms with E-state index in [9.17, 15) is 8.42 Å². The van der Waals surface area contributed by atoms with Gasteiger partial charge >= 0.3 is 0 Å². The largest absolute Gasteiger partial charge is 0.336 e. The number of hydrogen-bond donors (Lipinski definition) is 0. The number of fused-ring (bicyclic) bond motifs is 2. The molecule has 2 aromatic rings. The minimum absolute atomic E-state index is 0.0439. The molecule has 0 radical (unpaired) electrons.